The fraction of sp³-hybridized carbons (Fsp3) is 0.125. The van der Waals surface area contributed by atoms with E-state index in [1.807, 2.05) is 6.07 Å². The van der Waals surface area contributed by atoms with Crippen LogP contribution in [0.4, 0.5) is 14.9 Å². The number of hydrogen-bond acceptors (Lipinski definition) is 3. The zero-order valence-corrected chi connectivity index (χ0v) is 12.7. The van der Waals surface area contributed by atoms with Gasteiger partial charge in [0.25, 0.3) is 0 Å². The van der Waals surface area contributed by atoms with Gasteiger partial charge in [-0.25, -0.2) is 9.18 Å². The van der Waals surface area contributed by atoms with Gasteiger partial charge < -0.3 is 15.4 Å². The van der Waals surface area contributed by atoms with Crippen LogP contribution in [-0.2, 0) is 0 Å². The monoisotopic (exact) mass is 333 g/mol. The lowest BCUT2D eigenvalue weighted by atomic mass is 10.2. The van der Waals surface area contributed by atoms with Crippen LogP contribution in [0.3, 0.4) is 0 Å². The van der Waals surface area contributed by atoms with E-state index in [9.17, 15) is 9.18 Å². The van der Waals surface area contributed by atoms with Crippen molar-refractivity contribution in [1.29, 1.82) is 5.26 Å². The summed E-state index contributed by atoms with van der Waals surface area (Å²) in [7, 11) is 0. The Morgan fingerprint density at radius 2 is 2.00 bits per heavy atom. The molecule has 0 spiro atoms. The lowest BCUT2D eigenvalue weighted by molar-refractivity contribution is 0.247. The first-order chi connectivity index (χ1) is 11.1. The Morgan fingerprint density at radius 1 is 1.26 bits per heavy atom. The number of nitriles is 1. The Hall–Kier alpha value is -2.78. The predicted octanol–water partition coefficient (Wildman–Crippen LogP) is 3.55. The highest BCUT2D eigenvalue weighted by atomic mass is 35.5. The van der Waals surface area contributed by atoms with Crippen LogP contribution in [0.2, 0.25) is 5.02 Å². The standard InChI is InChI=1S/C16H13ClFN3O2/c17-12-1-4-14(5-2-12)23-8-7-20-16(22)21-15-6-3-13(18)9-11(15)10-19/h1-6,9H,7-8H2,(H2,20,21,22). The fourth-order valence-corrected chi connectivity index (χ4v) is 1.87. The molecule has 0 fully saturated rings. The molecule has 0 radical (unpaired) electrons. The summed E-state index contributed by atoms with van der Waals surface area (Å²) in [6.07, 6.45) is 0. The third-order valence-corrected chi connectivity index (χ3v) is 3.07. The van der Waals surface area contributed by atoms with Crippen molar-refractivity contribution in [2.75, 3.05) is 18.5 Å². The van der Waals surface area contributed by atoms with Gasteiger partial charge in [0.2, 0.25) is 0 Å². The first kappa shape index (κ1) is 16.6. The molecule has 0 aromatic heterocycles. The van der Waals surface area contributed by atoms with Gasteiger partial charge in [0.15, 0.2) is 0 Å². The number of rotatable bonds is 5. The second kappa shape index (κ2) is 8.01. The van der Waals surface area contributed by atoms with E-state index >= 15 is 0 Å². The van der Waals surface area contributed by atoms with Gasteiger partial charge in [-0.05, 0) is 42.5 Å². The summed E-state index contributed by atoms with van der Waals surface area (Å²) < 4.78 is 18.4. The topological polar surface area (TPSA) is 74.2 Å². The molecular weight excluding hydrogens is 321 g/mol. The quantitative estimate of drug-likeness (QED) is 0.822. The van der Waals surface area contributed by atoms with Crippen LogP contribution in [0.1, 0.15) is 5.56 Å². The summed E-state index contributed by atoms with van der Waals surface area (Å²) >= 11 is 5.76. The fourth-order valence-electron chi connectivity index (χ4n) is 1.75. The highest BCUT2D eigenvalue weighted by Crippen LogP contribution is 2.16. The van der Waals surface area contributed by atoms with E-state index in [2.05, 4.69) is 10.6 Å². The van der Waals surface area contributed by atoms with Crippen molar-refractivity contribution in [3.05, 3.63) is 58.9 Å². The number of ether oxygens (including phenoxy) is 1. The Morgan fingerprint density at radius 3 is 2.70 bits per heavy atom. The average Bonchev–Trinajstić information content (AvgIpc) is 2.55. The number of nitrogens with one attached hydrogen (secondary N) is 2. The second-order valence-corrected chi connectivity index (χ2v) is 4.92. The Balaban J connectivity index is 1.77. The molecule has 118 valence electrons. The van der Waals surface area contributed by atoms with Crippen LogP contribution in [0.5, 0.6) is 5.75 Å². The van der Waals surface area contributed by atoms with Gasteiger partial charge in [-0.15, -0.1) is 0 Å². The molecule has 0 aliphatic rings. The van der Waals surface area contributed by atoms with Gasteiger partial charge in [0, 0.05) is 5.02 Å². The van der Waals surface area contributed by atoms with E-state index in [0.29, 0.717) is 10.8 Å². The van der Waals surface area contributed by atoms with E-state index < -0.39 is 11.8 Å². The van der Waals surface area contributed by atoms with Gasteiger partial charge in [-0.3, -0.25) is 0 Å². The van der Waals surface area contributed by atoms with Crippen molar-refractivity contribution in [2.24, 2.45) is 0 Å². The SMILES string of the molecule is N#Cc1cc(F)ccc1NC(=O)NCCOc1ccc(Cl)cc1. The molecule has 0 atom stereocenters. The minimum atomic E-state index is -0.538. The zero-order chi connectivity index (χ0) is 16.7. The molecule has 0 aliphatic heterocycles. The van der Waals surface area contributed by atoms with E-state index in [-0.39, 0.29) is 24.4 Å². The number of amides is 2. The molecule has 7 heteroatoms. The summed E-state index contributed by atoms with van der Waals surface area (Å²) in [5.74, 6) is 0.103. The van der Waals surface area contributed by atoms with Gasteiger partial charge >= 0.3 is 6.03 Å². The minimum Gasteiger partial charge on any atom is -0.492 e. The Bertz CT molecular complexity index is 729. The molecular formula is C16H13ClFN3O2. The summed E-state index contributed by atoms with van der Waals surface area (Å²) in [6.45, 7) is 0.529. The molecule has 23 heavy (non-hydrogen) atoms. The number of halogens is 2. The van der Waals surface area contributed by atoms with Crippen molar-refractivity contribution < 1.29 is 13.9 Å². The highest BCUT2D eigenvalue weighted by Gasteiger charge is 2.07. The third-order valence-electron chi connectivity index (χ3n) is 2.82. The lowest BCUT2D eigenvalue weighted by Gasteiger charge is -2.10. The molecule has 2 aromatic carbocycles. The van der Waals surface area contributed by atoms with E-state index in [1.165, 1.54) is 12.1 Å². The number of carbonyl (C=O) groups is 1. The molecule has 0 heterocycles. The number of benzene rings is 2. The molecule has 2 aromatic rings. The summed E-state index contributed by atoms with van der Waals surface area (Å²) in [5, 5.41) is 14.6. The minimum absolute atomic E-state index is 0.0533. The third kappa shape index (κ3) is 5.16. The van der Waals surface area contributed by atoms with Gasteiger partial charge in [0.1, 0.15) is 24.2 Å². The average molecular weight is 334 g/mol. The number of carbonyl (C=O) groups excluding carboxylic acids is 1. The van der Waals surface area contributed by atoms with E-state index in [1.54, 1.807) is 24.3 Å². The Kier molecular flexibility index (Phi) is 5.78. The van der Waals surface area contributed by atoms with Crippen molar-refractivity contribution >= 4 is 23.3 Å². The number of hydrogen-bond donors (Lipinski definition) is 2. The molecule has 0 saturated carbocycles. The summed E-state index contributed by atoms with van der Waals surface area (Å²) in [4.78, 5) is 11.7. The molecule has 0 saturated heterocycles. The van der Waals surface area contributed by atoms with Crippen LogP contribution < -0.4 is 15.4 Å². The predicted molar refractivity (Wildman–Crippen MR) is 85.1 cm³/mol. The maximum Gasteiger partial charge on any atom is 0.319 e. The molecule has 2 rings (SSSR count). The maximum absolute atomic E-state index is 13.0. The summed E-state index contributed by atoms with van der Waals surface area (Å²) in [5.41, 5.74) is 0.294. The Labute approximate surface area is 137 Å². The van der Waals surface area contributed by atoms with Crippen molar-refractivity contribution in [1.82, 2.24) is 5.32 Å². The van der Waals surface area contributed by atoms with Gasteiger partial charge in [0.05, 0.1) is 17.8 Å². The zero-order valence-electron chi connectivity index (χ0n) is 12.0. The van der Waals surface area contributed by atoms with Crippen LogP contribution in [0, 0.1) is 17.1 Å². The molecule has 0 aliphatic carbocycles. The van der Waals surface area contributed by atoms with Crippen molar-refractivity contribution in [2.45, 2.75) is 0 Å². The number of anilines is 1. The van der Waals surface area contributed by atoms with Crippen LogP contribution >= 0.6 is 11.6 Å². The first-order valence-corrected chi connectivity index (χ1v) is 7.09. The van der Waals surface area contributed by atoms with E-state index in [0.717, 1.165) is 6.07 Å². The van der Waals surface area contributed by atoms with Crippen LogP contribution in [-0.4, -0.2) is 19.2 Å². The maximum atomic E-state index is 13.0. The molecule has 0 bridgehead atoms. The highest BCUT2D eigenvalue weighted by molar-refractivity contribution is 6.30. The van der Waals surface area contributed by atoms with E-state index in [4.69, 9.17) is 21.6 Å². The summed E-state index contributed by atoms with van der Waals surface area (Å²) in [6, 6.07) is 11.7. The van der Waals surface area contributed by atoms with Crippen molar-refractivity contribution in [3.8, 4) is 11.8 Å². The smallest absolute Gasteiger partial charge is 0.319 e. The number of urea groups is 1. The lowest BCUT2D eigenvalue weighted by Crippen LogP contribution is -2.32. The first-order valence-electron chi connectivity index (χ1n) is 6.71. The molecule has 5 nitrogen and oxygen atoms in total. The second-order valence-electron chi connectivity index (χ2n) is 4.48. The van der Waals surface area contributed by atoms with Crippen LogP contribution in [0.15, 0.2) is 42.5 Å². The molecule has 2 N–H and O–H groups in total. The van der Waals surface area contributed by atoms with Gasteiger partial charge in [-0.2, -0.15) is 5.26 Å². The van der Waals surface area contributed by atoms with Crippen molar-refractivity contribution in [3.63, 3.8) is 0 Å². The largest absolute Gasteiger partial charge is 0.492 e. The number of nitrogens with zero attached hydrogens (tertiary/aromatic N) is 1. The normalized spacial score (nSPS) is 9.78. The molecule has 0 unspecified atom stereocenters. The van der Waals surface area contributed by atoms with Gasteiger partial charge in [-0.1, -0.05) is 11.6 Å². The van der Waals surface area contributed by atoms with Crippen LogP contribution in [0.25, 0.3) is 0 Å². The molecule has 2 amide bonds.